The maximum Gasteiger partial charge on any atom is 0.416 e. The highest BCUT2D eigenvalue weighted by molar-refractivity contribution is 6.01. The van der Waals surface area contributed by atoms with E-state index in [2.05, 4.69) is 15.3 Å². The Balaban J connectivity index is 1.66. The number of hydrogen-bond acceptors (Lipinski definition) is 3. The number of carbonyl (C=O) groups excluding carboxylic acids is 1. The van der Waals surface area contributed by atoms with Crippen LogP contribution in [0.4, 0.5) is 33.9 Å². The Morgan fingerprint density at radius 3 is 2.70 bits per heavy atom. The number of alkyl halides is 3. The number of hydrogen-bond donors (Lipinski definition) is 1. The van der Waals surface area contributed by atoms with Crippen LogP contribution in [0.2, 0.25) is 0 Å². The molecule has 30 heavy (non-hydrogen) atoms. The molecule has 0 aliphatic carbocycles. The Morgan fingerprint density at radius 1 is 1.10 bits per heavy atom. The van der Waals surface area contributed by atoms with E-state index >= 15 is 0 Å². The van der Waals surface area contributed by atoms with Crippen molar-refractivity contribution >= 4 is 17.5 Å². The van der Waals surface area contributed by atoms with E-state index in [1.165, 1.54) is 23.2 Å². The zero-order valence-corrected chi connectivity index (χ0v) is 15.6. The Morgan fingerprint density at radius 2 is 1.93 bits per heavy atom. The van der Waals surface area contributed by atoms with Gasteiger partial charge in [-0.3, -0.25) is 9.88 Å². The van der Waals surface area contributed by atoms with Gasteiger partial charge in [-0.05, 0) is 36.6 Å². The first-order valence-electron chi connectivity index (χ1n) is 9.18. The van der Waals surface area contributed by atoms with E-state index in [4.69, 9.17) is 0 Å². The number of amides is 2. The average molecular weight is 416 g/mol. The van der Waals surface area contributed by atoms with Crippen LogP contribution in [-0.4, -0.2) is 22.5 Å². The van der Waals surface area contributed by atoms with Crippen molar-refractivity contribution in [2.24, 2.45) is 0 Å². The Labute approximate surface area is 169 Å². The topological polar surface area (TPSA) is 58.1 Å². The average Bonchev–Trinajstić information content (AvgIpc) is 2.72. The Hall–Kier alpha value is -3.49. The van der Waals surface area contributed by atoms with E-state index in [0.29, 0.717) is 36.5 Å². The number of pyridine rings is 2. The number of urea groups is 1. The van der Waals surface area contributed by atoms with Crippen LogP contribution in [0.25, 0.3) is 11.3 Å². The summed E-state index contributed by atoms with van der Waals surface area (Å²) in [7, 11) is 0. The van der Waals surface area contributed by atoms with Gasteiger partial charge in [0.15, 0.2) is 0 Å². The SMILES string of the molecule is O=C(Nc1cncc(F)c1)N1CCCc2ccc(-c3cccc(C(F)(F)F)c3)nc21. The zero-order valence-electron chi connectivity index (χ0n) is 15.6. The second-order valence-corrected chi connectivity index (χ2v) is 6.83. The van der Waals surface area contributed by atoms with Crippen molar-refractivity contribution in [3.8, 4) is 11.3 Å². The molecule has 9 heteroatoms. The standard InChI is InChI=1S/C21H16F4N4O/c22-16-10-17(12-26-11-16)27-20(30)29-8-2-4-13-6-7-18(28-19(13)29)14-3-1-5-15(9-14)21(23,24)25/h1,3,5-7,9-12H,2,4,8H2,(H,27,30). The van der Waals surface area contributed by atoms with Crippen molar-refractivity contribution in [3.05, 3.63) is 71.8 Å². The van der Waals surface area contributed by atoms with Crippen molar-refractivity contribution in [2.75, 3.05) is 16.8 Å². The van der Waals surface area contributed by atoms with Gasteiger partial charge in [-0.25, -0.2) is 14.2 Å². The number of rotatable bonds is 2. The highest BCUT2D eigenvalue weighted by Crippen LogP contribution is 2.33. The summed E-state index contributed by atoms with van der Waals surface area (Å²) in [6.07, 6.45) is -0.731. The lowest BCUT2D eigenvalue weighted by atomic mass is 10.0. The third kappa shape index (κ3) is 4.10. The number of aromatic nitrogens is 2. The molecule has 0 bridgehead atoms. The van der Waals surface area contributed by atoms with Crippen molar-refractivity contribution in [2.45, 2.75) is 19.0 Å². The van der Waals surface area contributed by atoms with Gasteiger partial charge < -0.3 is 5.32 Å². The molecule has 1 N–H and O–H groups in total. The maximum absolute atomic E-state index is 13.3. The van der Waals surface area contributed by atoms with Crippen LogP contribution in [0.5, 0.6) is 0 Å². The summed E-state index contributed by atoms with van der Waals surface area (Å²) in [6.45, 7) is 0.376. The van der Waals surface area contributed by atoms with Crippen molar-refractivity contribution < 1.29 is 22.4 Å². The number of aryl methyl sites for hydroxylation is 1. The number of carbonyl (C=O) groups is 1. The predicted octanol–water partition coefficient (Wildman–Crippen LogP) is 5.29. The summed E-state index contributed by atoms with van der Waals surface area (Å²) in [5.41, 5.74) is 0.859. The molecule has 3 aromatic rings. The molecule has 0 unspecified atom stereocenters. The summed E-state index contributed by atoms with van der Waals surface area (Å²) < 4.78 is 52.5. The minimum atomic E-state index is -4.46. The molecule has 0 saturated carbocycles. The molecule has 2 aromatic heterocycles. The number of nitrogens with one attached hydrogen (secondary N) is 1. The fourth-order valence-electron chi connectivity index (χ4n) is 3.32. The monoisotopic (exact) mass is 416 g/mol. The number of benzene rings is 1. The van der Waals surface area contributed by atoms with Crippen LogP contribution >= 0.6 is 0 Å². The molecular weight excluding hydrogens is 400 g/mol. The van der Waals surface area contributed by atoms with Crippen molar-refractivity contribution in [1.82, 2.24) is 9.97 Å². The van der Waals surface area contributed by atoms with Gasteiger partial charge in [0.1, 0.15) is 11.6 Å². The quantitative estimate of drug-likeness (QED) is 0.578. The number of fused-ring (bicyclic) bond motifs is 1. The molecule has 2 amide bonds. The molecule has 154 valence electrons. The van der Waals surface area contributed by atoms with Gasteiger partial charge in [-0.2, -0.15) is 13.2 Å². The number of anilines is 2. The van der Waals surface area contributed by atoms with Crippen LogP contribution in [0.3, 0.4) is 0 Å². The van der Waals surface area contributed by atoms with Gasteiger partial charge in [-0.15, -0.1) is 0 Å². The van der Waals surface area contributed by atoms with Crippen LogP contribution in [0.15, 0.2) is 54.9 Å². The van der Waals surface area contributed by atoms with E-state index in [9.17, 15) is 22.4 Å². The summed E-state index contributed by atoms with van der Waals surface area (Å²) in [5.74, 6) is -0.213. The first-order valence-corrected chi connectivity index (χ1v) is 9.18. The molecule has 0 fully saturated rings. The van der Waals surface area contributed by atoms with Crippen molar-refractivity contribution in [3.63, 3.8) is 0 Å². The van der Waals surface area contributed by atoms with Crippen LogP contribution < -0.4 is 10.2 Å². The number of halogens is 4. The summed E-state index contributed by atoms with van der Waals surface area (Å²) in [5, 5.41) is 2.58. The molecule has 3 heterocycles. The van der Waals surface area contributed by atoms with E-state index < -0.39 is 23.6 Å². The van der Waals surface area contributed by atoms with Crippen LogP contribution in [-0.2, 0) is 12.6 Å². The summed E-state index contributed by atoms with van der Waals surface area (Å²) in [6, 6.07) is 8.91. The minimum absolute atomic E-state index is 0.196. The van der Waals surface area contributed by atoms with Gasteiger partial charge in [0.2, 0.25) is 0 Å². The normalized spacial score (nSPS) is 13.7. The van der Waals surface area contributed by atoms with E-state index in [1.807, 2.05) is 0 Å². The molecule has 5 nitrogen and oxygen atoms in total. The maximum atomic E-state index is 13.3. The third-order valence-corrected chi connectivity index (χ3v) is 4.73. The molecule has 0 atom stereocenters. The van der Waals surface area contributed by atoms with Gasteiger partial charge in [0, 0.05) is 18.2 Å². The van der Waals surface area contributed by atoms with Gasteiger partial charge in [0.05, 0.1) is 29.3 Å². The van der Waals surface area contributed by atoms with Crippen LogP contribution in [0, 0.1) is 5.82 Å². The molecule has 0 saturated heterocycles. The molecular formula is C21H16F4N4O. The predicted molar refractivity (Wildman–Crippen MR) is 104 cm³/mol. The molecule has 1 aliphatic heterocycles. The fourth-order valence-corrected chi connectivity index (χ4v) is 3.32. The fraction of sp³-hybridized carbons (Fsp3) is 0.190. The smallest absolute Gasteiger partial charge is 0.306 e. The van der Waals surface area contributed by atoms with Crippen molar-refractivity contribution in [1.29, 1.82) is 0 Å². The van der Waals surface area contributed by atoms with Crippen LogP contribution in [0.1, 0.15) is 17.5 Å². The van der Waals surface area contributed by atoms with E-state index in [-0.39, 0.29) is 5.69 Å². The lowest BCUT2D eigenvalue weighted by Gasteiger charge is -2.28. The van der Waals surface area contributed by atoms with Gasteiger partial charge in [0.25, 0.3) is 0 Å². The lowest BCUT2D eigenvalue weighted by Crippen LogP contribution is -2.39. The minimum Gasteiger partial charge on any atom is -0.306 e. The Kier molecular flexibility index (Phi) is 5.11. The zero-order chi connectivity index (χ0) is 21.3. The molecule has 1 aliphatic rings. The second-order valence-electron chi connectivity index (χ2n) is 6.83. The number of nitrogens with zero attached hydrogens (tertiary/aromatic N) is 3. The molecule has 0 spiro atoms. The summed E-state index contributed by atoms with van der Waals surface area (Å²) >= 11 is 0. The highest BCUT2D eigenvalue weighted by atomic mass is 19.4. The van der Waals surface area contributed by atoms with Gasteiger partial charge >= 0.3 is 12.2 Å². The summed E-state index contributed by atoms with van der Waals surface area (Å²) in [4.78, 5) is 22.3. The van der Waals surface area contributed by atoms with E-state index in [1.54, 1.807) is 12.1 Å². The highest BCUT2D eigenvalue weighted by Gasteiger charge is 2.31. The largest absolute Gasteiger partial charge is 0.416 e. The molecule has 1 aromatic carbocycles. The van der Waals surface area contributed by atoms with E-state index in [0.717, 1.165) is 30.0 Å². The lowest BCUT2D eigenvalue weighted by molar-refractivity contribution is -0.137. The molecule has 4 rings (SSSR count). The Bertz CT molecular complexity index is 1100. The third-order valence-electron chi connectivity index (χ3n) is 4.73. The first-order chi connectivity index (χ1) is 14.3. The van der Waals surface area contributed by atoms with Gasteiger partial charge in [-0.1, -0.05) is 18.2 Å². The second kappa shape index (κ2) is 7.74. The first kappa shape index (κ1) is 19.8. The molecule has 0 radical (unpaired) electrons.